The van der Waals surface area contributed by atoms with Crippen molar-refractivity contribution in [2.45, 2.75) is 25.2 Å². The molecule has 0 unspecified atom stereocenters. The minimum Gasteiger partial charge on any atom is -0.342 e. The summed E-state index contributed by atoms with van der Waals surface area (Å²) >= 11 is 0. The van der Waals surface area contributed by atoms with Crippen molar-refractivity contribution in [1.82, 2.24) is 20.2 Å². The summed E-state index contributed by atoms with van der Waals surface area (Å²) in [4.78, 5) is 35.6. The minimum atomic E-state index is -0.702. The van der Waals surface area contributed by atoms with Crippen molar-refractivity contribution in [2.24, 2.45) is 16.8 Å². The van der Waals surface area contributed by atoms with Gasteiger partial charge in [0, 0.05) is 45.2 Å². The molecule has 2 amide bonds. The van der Waals surface area contributed by atoms with Crippen LogP contribution in [-0.2, 0) is 9.59 Å². The van der Waals surface area contributed by atoms with Gasteiger partial charge in [0.2, 0.25) is 24.0 Å². The first-order chi connectivity index (χ1) is 15.1. The van der Waals surface area contributed by atoms with Gasteiger partial charge in [0.25, 0.3) is 0 Å². The number of hydrogen-bond donors (Lipinski definition) is 2. The van der Waals surface area contributed by atoms with Gasteiger partial charge < -0.3 is 14.7 Å². The van der Waals surface area contributed by atoms with Crippen molar-refractivity contribution in [3.63, 3.8) is 0 Å². The number of guanidine groups is 1. The van der Waals surface area contributed by atoms with E-state index in [1.807, 2.05) is 39.1 Å². The second-order valence-electron chi connectivity index (χ2n) is 8.46. The van der Waals surface area contributed by atoms with E-state index >= 15 is 0 Å². The van der Waals surface area contributed by atoms with Crippen molar-refractivity contribution in [3.8, 4) is 6.19 Å². The van der Waals surface area contributed by atoms with E-state index in [1.165, 1.54) is 5.56 Å². The third-order valence-electron chi connectivity index (χ3n) is 6.72. The van der Waals surface area contributed by atoms with Gasteiger partial charge in [-0.2, -0.15) is 5.26 Å². The van der Waals surface area contributed by atoms with Crippen molar-refractivity contribution >= 4 is 17.8 Å². The van der Waals surface area contributed by atoms with Crippen LogP contribution in [0.4, 0.5) is 0 Å². The highest BCUT2D eigenvalue weighted by Crippen LogP contribution is 2.32. The van der Waals surface area contributed by atoms with Gasteiger partial charge >= 0.3 is 0 Å². The second kappa shape index (κ2) is 9.35. The van der Waals surface area contributed by atoms with Gasteiger partial charge in [-0.05, 0) is 24.8 Å². The molecule has 164 valence electrons. The predicted molar refractivity (Wildman–Crippen MR) is 113 cm³/mol. The highest BCUT2D eigenvalue weighted by atomic mass is 16.5. The molecule has 1 aromatic rings. The lowest BCUT2D eigenvalue weighted by Gasteiger charge is -2.44. The highest BCUT2D eigenvalue weighted by Gasteiger charge is 2.43. The predicted octanol–water partition coefficient (Wildman–Crippen LogP) is 0.989. The molecule has 3 fully saturated rings. The Morgan fingerprint density at radius 1 is 1.00 bits per heavy atom. The number of nitrogens with zero attached hydrogens (tertiary/aromatic N) is 5. The Labute approximate surface area is 181 Å². The number of carbonyl (C=O) groups excluding carboxylic acids is 2. The van der Waals surface area contributed by atoms with Crippen LogP contribution in [0.2, 0.25) is 0 Å². The van der Waals surface area contributed by atoms with Crippen LogP contribution < -0.4 is 5.48 Å². The zero-order valence-electron chi connectivity index (χ0n) is 17.5. The summed E-state index contributed by atoms with van der Waals surface area (Å²) in [5.41, 5.74) is 2.96. The van der Waals surface area contributed by atoms with Gasteiger partial charge in [-0.3, -0.25) is 14.8 Å². The van der Waals surface area contributed by atoms with Gasteiger partial charge in [-0.15, -0.1) is 4.99 Å². The third kappa shape index (κ3) is 4.35. The fraction of sp³-hybridized carbons (Fsp3) is 0.545. The zero-order valence-corrected chi connectivity index (χ0v) is 17.5. The molecule has 4 rings (SSSR count). The molecule has 3 aliphatic rings. The lowest BCUT2D eigenvalue weighted by Crippen LogP contribution is -2.58. The van der Waals surface area contributed by atoms with Crippen LogP contribution in [0.15, 0.2) is 35.3 Å². The van der Waals surface area contributed by atoms with Crippen molar-refractivity contribution in [1.29, 1.82) is 5.26 Å². The Kier molecular flexibility index (Phi) is 6.37. The van der Waals surface area contributed by atoms with Crippen LogP contribution >= 0.6 is 0 Å². The standard InChI is InChI=1S/C22H28N6O3/c23-15-24-22(26-9-4-10-26)28-12-8-18(19(14-28)20(29)25-31)21(30)27-11-7-17(13-27)16-5-2-1-3-6-16/h1-3,5-6,17-19,31H,4,7-14H2,(H,25,29)/b24-22+/t17-,18-,19-/m0/s1. The number of hydroxylamine groups is 1. The molecule has 0 saturated carbocycles. The Bertz CT molecular complexity index is 879. The summed E-state index contributed by atoms with van der Waals surface area (Å²) in [5, 5.41) is 18.4. The van der Waals surface area contributed by atoms with Gasteiger partial charge in [0.15, 0.2) is 0 Å². The maximum absolute atomic E-state index is 13.4. The number of carbonyl (C=O) groups is 2. The van der Waals surface area contributed by atoms with Gasteiger partial charge in [-0.1, -0.05) is 30.3 Å². The Morgan fingerprint density at radius 2 is 1.74 bits per heavy atom. The summed E-state index contributed by atoms with van der Waals surface area (Å²) in [7, 11) is 0. The Hall–Kier alpha value is -3.12. The first-order valence-corrected chi connectivity index (χ1v) is 10.9. The molecule has 9 nitrogen and oxygen atoms in total. The molecule has 0 aromatic heterocycles. The molecule has 0 bridgehead atoms. The van der Waals surface area contributed by atoms with Crippen molar-refractivity contribution < 1.29 is 14.8 Å². The normalized spacial score (nSPS) is 26.3. The molecule has 0 spiro atoms. The van der Waals surface area contributed by atoms with E-state index in [0.717, 1.165) is 25.9 Å². The van der Waals surface area contributed by atoms with Crippen LogP contribution in [0.3, 0.4) is 0 Å². The monoisotopic (exact) mass is 424 g/mol. The summed E-state index contributed by atoms with van der Waals surface area (Å²) in [6.45, 7) is 3.75. The Morgan fingerprint density at radius 3 is 2.39 bits per heavy atom. The molecule has 3 heterocycles. The van der Waals surface area contributed by atoms with Crippen LogP contribution in [0.25, 0.3) is 0 Å². The summed E-state index contributed by atoms with van der Waals surface area (Å²) in [5.74, 6) is -0.946. The van der Waals surface area contributed by atoms with E-state index in [9.17, 15) is 14.8 Å². The molecular formula is C22H28N6O3. The first kappa shape index (κ1) is 21.1. The maximum atomic E-state index is 13.4. The number of likely N-dealkylation sites (tertiary alicyclic amines) is 3. The van der Waals surface area contributed by atoms with E-state index in [1.54, 1.807) is 5.48 Å². The molecule has 31 heavy (non-hydrogen) atoms. The minimum absolute atomic E-state index is 0.0330. The zero-order chi connectivity index (χ0) is 21.8. The van der Waals surface area contributed by atoms with E-state index in [0.29, 0.717) is 37.9 Å². The third-order valence-corrected chi connectivity index (χ3v) is 6.72. The Balaban J connectivity index is 1.46. The average Bonchev–Trinajstić information content (AvgIpc) is 3.27. The molecule has 2 N–H and O–H groups in total. The second-order valence-corrected chi connectivity index (χ2v) is 8.46. The molecule has 3 atom stereocenters. The SMILES string of the molecule is N#C/N=C(\N1CCC1)N1CC[C@H](C(=O)N2CC[C@H](c3ccccc3)C2)[C@@H](C(=O)NO)C1. The van der Waals surface area contributed by atoms with Crippen molar-refractivity contribution in [3.05, 3.63) is 35.9 Å². The maximum Gasteiger partial charge on any atom is 0.249 e. The fourth-order valence-corrected chi connectivity index (χ4v) is 4.87. The number of hydrogen-bond acceptors (Lipinski definition) is 5. The average molecular weight is 425 g/mol. The van der Waals surface area contributed by atoms with Crippen LogP contribution in [0, 0.1) is 23.3 Å². The molecule has 9 heteroatoms. The van der Waals surface area contributed by atoms with E-state index in [2.05, 4.69) is 17.1 Å². The van der Waals surface area contributed by atoms with E-state index in [4.69, 9.17) is 5.26 Å². The van der Waals surface area contributed by atoms with Crippen LogP contribution in [0.1, 0.15) is 30.7 Å². The van der Waals surface area contributed by atoms with E-state index in [-0.39, 0.29) is 12.5 Å². The molecule has 0 radical (unpaired) electrons. The number of nitrogens with one attached hydrogen (secondary N) is 1. The molecule has 0 aliphatic carbocycles. The number of piperidine rings is 1. The van der Waals surface area contributed by atoms with E-state index < -0.39 is 17.7 Å². The van der Waals surface area contributed by atoms with Gasteiger partial charge in [0.05, 0.1) is 11.8 Å². The van der Waals surface area contributed by atoms with Gasteiger partial charge in [0.1, 0.15) is 0 Å². The lowest BCUT2D eigenvalue weighted by molar-refractivity contribution is -0.147. The topological polar surface area (TPSA) is 112 Å². The van der Waals surface area contributed by atoms with Crippen molar-refractivity contribution in [2.75, 3.05) is 39.3 Å². The number of rotatable bonds is 3. The molecule has 3 aliphatic heterocycles. The molecular weight excluding hydrogens is 396 g/mol. The number of aliphatic imine (C=N–C) groups is 1. The van der Waals surface area contributed by atoms with Gasteiger partial charge in [-0.25, -0.2) is 5.48 Å². The largest absolute Gasteiger partial charge is 0.342 e. The van der Waals surface area contributed by atoms with Crippen LogP contribution in [0.5, 0.6) is 0 Å². The fourth-order valence-electron chi connectivity index (χ4n) is 4.87. The number of nitriles is 1. The summed E-state index contributed by atoms with van der Waals surface area (Å²) in [6.07, 6.45) is 4.27. The highest BCUT2D eigenvalue weighted by molar-refractivity contribution is 5.89. The summed E-state index contributed by atoms with van der Waals surface area (Å²) < 4.78 is 0. The van der Waals surface area contributed by atoms with Crippen LogP contribution in [-0.4, -0.2) is 76.9 Å². The molecule has 3 saturated heterocycles. The summed E-state index contributed by atoms with van der Waals surface area (Å²) in [6, 6.07) is 10.2. The quantitative estimate of drug-likeness (QED) is 0.246. The number of benzene rings is 1. The first-order valence-electron chi connectivity index (χ1n) is 10.9. The lowest BCUT2D eigenvalue weighted by atomic mass is 9.83. The molecule has 1 aromatic carbocycles. The number of amides is 2. The smallest absolute Gasteiger partial charge is 0.249 e.